The Morgan fingerprint density at radius 2 is 0.887 bits per heavy atom. The third-order valence-electron chi connectivity index (χ3n) is 11.1. The molecule has 0 amide bonds. The van der Waals surface area contributed by atoms with Crippen LogP contribution in [-0.2, 0) is 42.9 Å². The molecular weight excluding hydrogens is 901 g/mol. The minimum Gasteiger partial charge on any atom is -0.479 e. The molecule has 0 spiro atoms. The van der Waals surface area contributed by atoms with Crippen molar-refractivity contribution >= 4 is 23.9 Å². The first-order chi connectivity index (χ1) is 34.6. The summed E-state index contributed by atoms with van der Waals surface area (Å²) in [6.07, 6.45) is 50.9. The number of rotatable bonds is 42. The van der Waals surface area contributed by atoms with Gasteiger partial charge in [-0.2, -0.15) is 0 Å². The summed E-state index contributed by atoms with van der Waals surface area (Å²) in [7, 11) is 0. The van der Waals surface area contributed by atoms with Crippen molar-refractivity contribution in [3.8, 4) is 0 Å². The Morgan fingerprint density at radius 3 is 1.32 bits per heavy atom. The molecule has 1 fully saturated rings. The van der Waals surface area contributed by atoms with Crippen LogP contribution in [0.5, 0.6) is 0 Å². The van der Waals surface area contributed by atoms with Gasteiger partial charge in [0.2, 0.25) is 0 Å². The Morgan fingerprint density at radius 1 is 0.479 bits per heavy atom. The number of allylic oxidation sites excluding steroid dienone is 20. The minimum absolute atomic E-state index is 0.0732. The van der Waals surface area contributed by atoms with Crippen molar-refractivity contribution in [2.75, 3.05) is 13.2 Å². The first kappa shape index (κ1) is 64.1. The number of carboxylic acids is 1. The molecule has 0 bridgehead atoms. The number of hydrogen-bond acceptors (Lipinski definition) is 11. The number of aliphatic hydroxyl groups is 2. The lowest BCUT2D eigenvalue weighted by Crippen LogP contribution is -2.61. The predicted octanol–water partition coefficient (Wildman–Crippen LogP) is 12.9. The van der Waals surface area contributed by atoms with E-state index in [0.717, 1.165) is 83.5 Å². The lowest BCUT2D eigenvalue weighted by molar-refractivity contribution is -0.301. The molecule has 71 heavy (non-hydrogen) atoms. The summed E-state index contributed by atoms with van der Waals surface area (Å²) in [6.45, 7) is 5.59. The van der Waals surface area contributed by atoms with Crippen LogP contribution in [0.2, 0.25) is 0 Å². The van der Waals surface area contributed by atoms with Crippen molar-refractivity contribution in [1.29, 1.82) is 0 Å². The number of ether oxygens (including phenoxy) is 5. The summed E-state index contributed by atoms with van der Waals surface area (Å²) in [5.41, 5.74) is 0. The van der Waals surface area contributed by atoms with Crippen molar-refractivity contribution in [2.24, 2.45) is 0 Å². The van der Waals surface area contributed by atoms with Crippen molar-refractivity contribution in [3.63, 3.8) is 0 Å². The van der Waals surface area contributed by atoms with E-state index in [1.54, 1.807) is 0 Å². The van der Waals surface area contributed by atoms with Crippen LogP contribution < -0.4 is 0 Å². The summed E-state index contributed by atoms with van der Waals surface area (Å²) in [4.78, 5) is 50.7. The molecule has 1 rings (SSSR count). The Kier molecular flexibility index (Phi) is 41.7. The lowest BCUT2D eigenvalue weighted by atomic mass is 9.98. The minimum atomic E-state index is -1.94. The van der Waals surface area contributed by atoms with Gasteiger partial charge in [-0.1, -0.05) is 194 Å². The molecular formula is C59H90O12. The van der Waals surface area contributed by atoms with Gasteiger partial charge in [-0.3, -0.25) is 14.4 Å². The van der Waals surface area contributed by atoms with Crippen LogP contribution in [0.3, 0.4) is 0 Å². The van der Waals surface area contributed by atoms with E-state index >= 15 is 0 Å². The van der Waals surface area contributed by atoms with Crippen LogP contribution >= 0.6 is 0 Å². The molecule has 1 aliphatic rings. The van der Waals surface area contributed by atoms with Crippen LogP contribution in [0.1, 0.15) is 175 Å². The quantitative estimate of drug-likeness (QED) is 0.0229. The van der Waals surface area contributed by atoms with E-state index < -0.39 is 67.3 Å². The van der Waals surface area contributed by atoms with Crippen molar-refractivity contribution in [2.45, 2.75) is 212 Å². The molecule has 6 atom stereocenters. The third kappa shape index (κ3) is 36.7. The van der Waals surface area contributed by atoms with Crippen molar-refractivity contribution in [3.05, 3.63) is 122 Å². The fraction of sp³-hybridized carbons (Fsp3) is 0.593. The van der Waals surface area contributed by atoms with E-state index in [9.17, 15) is 34.5 Å². The molecule has 12 nitrogen and oxygen atoms in total. The van der Waals surface area contributed by atoms with Gasteiger partial charge in [0.1, 0.15) is 18.8 Å². The normalized spacial score (nSPS) is 19.5. The van der Waals surface area contributed by atoms with Gasteiger partial charge in [-0.05, 0) is 83.5 Å². The second kappa shape index (κ2) is 46.2. The highest BCUT2D eigenvalue weighted by atomic mass is 16.7. The molecule has 3 N–H and O–H groups in total. The number of aliphatic carboxylic acids is 1. The van der Waals surface area contributed by atoms with E-state index in [1.807, 2.05) is 30.4 Å². The Labute approximate surface area is 427 Å². The fourth-order valence-electron chi connectivity index (χ4n) is 7.05. The first-order valence-corrected chi connectivity index (χ1v) is 26.5. The van der Waals surface area contributed by atoms with Gasteiger partial charge in [0, 0.05) is 19.3 Å². The van der Waals surface area contributed by atoms with E-state index in [2.05, 4.69) is 112 Å². The van der Waals surface area contributed by atoms with Gasteiger partial charge in [-0.25, -0.2) is 4.79 Å². The summed E-state index contributed by atoms with van der Waals surface area (Å²) in [6, 6.07) is 0. The average Bonchev–Trinajstić information content (AvgIpc) is 3.35. The van der Waals surface area contributed by atoms with E-state index in [0.29, 0.717) is 25.7 Å². The number of unbranched alkanes of at least 4 members (excludes halogenated alkanes) is 8. The first-order valence-electron chi connectivity index (χ1n) is 26.5. The molecule has 0 aliphatic carbocycles. The highest BCUT2D eigenvalue weighted by Gasteiger charge is 2.50. The topological polar surface area (TPSA) is 175 Å². The molecule has 0 aromatic carbocycles. The third-order valence-corrected chi connectivity index (χ3v) is 11.1. The molecule has 6 unspecified atom stereocenters. The highest BCUT2D eigenvalue weighted by molar-refractivity contribution is 5.74. The Bertz CT molecular complexity index is 1700. The van der Waals surface area contributed by atoms with Crippen LogP contribution in [0.4, 0.5) is 0 Å². The van der Waals surface area contributed by atoms with Gasteiger partial charge < -0.3 is 39.0 Å². The summed E-state index contributed by atoms with van der Waals surface area (Å²) in [5, 5.41) is 31.3. The number of hydrogen-bond donors (Lipinski definition) is 3. The number of aliphatic hydroxyl groups excluding tert-OH is 2. The monoisotopic (exact) mass is 991 g/mol. The predicted molar refractivity (Wildman–Crippen MR) is 284 cm³/mol. The lowest BCUT2D eigenvalue weighted by Gasteiger charge is -2.40. The molecule has 0 saturated carbocycles. The van der Waals surface area contributed by atoms with Crippen LogP contribution in [0, 0.1) is 0 Å². The van der Waals surface area contributed by atoms with Gasteiger partial charge in [-0.15, -0.1) is 0 Å². The number of carbonyl (C=O) groups excluding carboxylic acids is 3. The maximum Gasteiger partial charge on any atom is 0.335 e. The van der Waals surface area contributed by atoms with E-state index in [-0.39, 0.29) is 25.9 Å². The van der Waals surface area contributed by atoms with Crippen LogP contribution in [0.25, 0.3) is 0 Å². The second-order valence-corrected chi connectivity index (χ2v) is 17.4. The zero-order valence-corrected chi connectivity index (χ0v) is 43.4. The fourth-order valence-corrected chi connectivity index (χ4v) is 7.05. The number of carboxylic acid groups (broad SMARTS) is 1. The summed E-state index contributed by atoms with van der Waals surface area (Å²) in [5.74, 6) is -3.36. The highest BCUT2D eigenvalue weighted by Crippen LogP contribution is 2.26. The summed E-state index contributed by atoms with van der Waals surface area (Å²) >= 11 is 0. The average molecular weight is 991 g/mol. The molecule has 0 aromatic heterocycles. The second-order valence-electron chi connectivity index (χ2n) is 17.4. The zero-order valence-electron chi connectivity index (χ0n) is 43.4. The van der Waals surface area contributed by atoms with E-state index in [4.69, 9.17) is 23.7 Å². The Hall–Kier alpha value is -4.88. The molecule has 398 valence electrons. The van der Waals surface area contributed by atoms with Gasteiger partial charge >= 0.3 is 23.9 Å². The Balaban J connectivity index is 2.78. The van der Waals surface area contributed by atoms with Gasteiger partial charge in [0.05, 0.1) is 6.61 Å². The molecule has 0 radical (unpaired) electrons. The molecule has 1 heterocycles. The number of esters is 3. The smallest absolute Gasteiger partial charge is 0.335 e. The van der Waals surface area contributed by atoms with Crippen LogP contribution in [0.15, 0.2) is 122 Å². The SMILES string of the molecule is CC/C=C\C/C=C\C/C=C\C/C=C\C/C=C\C/C=C\CCC(=O)OCC(COC1OC(C(=O)O)C(O)C(O)C1OC(=O)CC/C=C\C/C=C\C/C=C\C/C=C\CC)OC(=O)CCCCCCCCCCC. The largest absolute Gasteiger partial charge is 0.479 e. The maximum atomic E-state index is 13.0. The van der Waals surface area contributed by atoms with Gasteiger partial charge in [0.25, 0.3) is 0 Å². The standard InChI is InChI=1S/C59H90O12/c1-4-7-10-13-16-19-21-23-24-25-26-27-28-30-31-34-36-39-42-45-51(60)67-48-50(69-52(61)46-43-40-37-33-18-15-12-9-6-3)49-68-59-57(55(64)54(63)56(71-59)58(65)66)70-53(62)47-44-41-38-35-32-29-22-20-17-14-11-8-5-2/h7-8,10-11,16-17,19-20,23-24,26-27,29-32,36,38-39,41,50,54-57,59,63-64H,4-6,9,12-15,18,21-22,25,28,33-35,37,40,42-49H2,1-3H3,(H,65,66)/b10-7-,11-8-,19-16-,20-17-,24-23-,27-26-,31-30-,32-29-,39-36-,41-38-. The summed E-state index contributed by atoms with van der Waals surface area (Å²) < 4.78 is 28.1. The van der Waals surface area contributed by atoms with Gasteiger partial charge in [0.15, 0.2) is 24.6 Å². The molecule has 1 aliphatic heterocycles. The van der Waals surface area contributed by atoms with E-state index in [1.165, 1.54) is 25.7 Å². The van der Waals surface area contributed by atoms with Crippen LogP contribution in [-0.4, -0.2) is 89.2 Å². The molecule has 1 saturated heterocycles. The molecule has 12 heteroatoms. The maximum absolute atomic E-state index is 13.0. The number of carbonyl (C=O) groups is 4. The molecule has 0 aromatic rings. The van der Waals surface area contributed by atoms with Crippen molar-refractivity contribution in [1.82, 2.24) is 0 Å². The zero-order chi connectivity index (χ0) is 51.8. The van der Waals surface area contributed by atoms with Crippen molar-refractivity contribution < 1.29 is 58.2 Å².